The van der Waals surface area contributed by atoms with Crippen molar-refractivity contribution in [3.8, 4) is 5.75 Å². The van der Waals surface area contributed by atoms with Crippen molar-refractivity contribution in [1.82, 2.24) is 10.6 Å². The van der Waals surface area contributed by atoms with E-state index in [-0.39, 0.29) is 23.8 Å². The van der Waals surface area contributed by atoms with Gasteiger partial charge in [-0.3, -0.25) is 9.69 Å². The van der Waals surface area contributed by atoms with Gasteiger partial charge in [-0.1, -0.05) is 69.5 Å². The van der Waals surface area contributed by atoms with Gasteiger partial charge in [-0.25, -0.2) is 9.59 Å². The Balaban J connectivity index is 1.55. The molecule has 0 saturated heterocycles. The first-order chi connectivity index (χ1) is 22.3. The number of aliphatic hydroxyl groups excluding tert-OH is 1. The molecule has 0 aliphatic heterocycles. The molecule has 9 nitrogen and oxygen atoms in total. The molecular formula is C35H40F3N3O6. The van der Waals surface area contributed by atoms with Crippen LogP contribution in [0.25, 0.3) is 0 Å². The number of ether oxygens (including phenoxy) is 1. The van der Waals surface area contributed by atoms with Gasteiger partial charge >= 0.3 is 18.4 Å². The van der Waals surface area contributed by atoms with Crippen molar-refractivity contribution in [3.63, 3.8) is 0 Å². The number of carboxylic acid groups (broad SMARTS) is 1. The third-order valence-corrected chi connectivity index (χ3v) is 8.24. The van der Waals surface area contributed by atoms with Gasteiger partial charge in [0.2, 0.25) is 0 Å². The van der Waals surface area contributed by atoms with Crippen LogP contribution >= 0.6 is 0 Å². The maximum Gasteiger partial charge on any atom is 0.573 e. The number of benzene rings is 3. The molecule has 3 aromatic rings. The molecule has 0 bridgehead atoms. The number of hydrogen-bond donors (Lipinski definition) is 4. The van der Waals surface area contributed by atoms with Crippen molar-refractivity contribution in [3.05, 3.63) is 95.1 Å². The number of nitrogens with zero attached hydrogens (tertiary/aromatic N) is 1. The number of anilines is 1. The summed E-state index contributed by atoms with van der Waals surface area (Å²) in [5.74, 6) is -1.99. The van der Waals surface area contributed by atoms with Gasteiger partial charge in [-0.15, -0.1) is 13.2 Å². The molecule has 3 amide bonds. The number of aliphatic hydroxyl groups is 1. The van der Waals surface area contributed by atoms with Crippen molar-refractivity contribution in [2.24, 2.45) is 5.92 Å². The number of rotatable bonds is 12. The fourth-order valence-electron chi connectivity index (χ4n) is 5.69. The van der Waals surface area contributed by atoms with E-state index >= 15 is 0 Å². The molecule has 0 radical (unpaired) electrons. The third kappa shape index (κ3) is 10.2. The van der Waals surface area contributed by atoms with Crippen molar-refractivity contribution >= 4 is 23.6 Å². The van der Waals surface area contributed by atoms with Gasteiger partial charge in [0.1, 0.15) is 5.75 Å². The predicted octanol–water partition coefficient (Wildman–Crippen LogP) is 6.92. The Hall–Kier alpha value is -4.58. The third-order valence-electron chi connectivity index (χ3n) is 8.24. The van der Waals surface area contributed by atoms with Crippen LogP contribution in [0.3, 0.4) is 0 Å². The molecule has 12 heteroatoms. The van der Waals surface area contributed by atoms with Crippen molar-refractivity contribution < 1.29 is 42.5 Å². The van der Waals surface area contributed by atoms with Crippen LogP contribution in [0.2, 0.25) is 0 Å². The molecule has 2 atom stereocenters. The van der Waals surface area contributed by atoms with Gasteiger partial charge in [-0.2, -0.15) is 0 Å². The first kappa shape index (κ1) is 35.3. The quantitative estimate of drug-likeness (QED) is 0.168. The minimum absolute atomic E-state index is 0.110. The second kappa shape index (κ2) is 15.8. The molecule has 3 aromatic carbocycles. The molecule has 1 saturated carbocycles. The molecule has 4 N–H and O–H groups in total. The number of hydrogen-bond acceptors (Lipinski definition) is 5. The summed E-state index contributed by atoms with van der Waals surface area (Å²) < 4.78 is 42.0. The SMILES string of the molecule is CC(C)C(NC(=O)N(Cc1ccc(C(=O)NC[C@@H](O)C(=O)O)cc1)c1ccc(C2CCCCC2)cc1)c1ccc(OC(F)(F)F)cc1. The van der Waals surface area contributed by atoms with Crippen LogP contribution in [0.15, 0.2) is 72.8 Å². The van der Waals surface area contributed by atoms with E-state index < -0.39 is 43.0 Å². The zero-order valence-corrected chi connectivity index (χ0v) is 26.3. The minimum atomic E-state index is -4.81. The highest BCUT2D eigenvalue weighted by Crippen LogP contribution is 2.34. The highest BCUT2D eigenvalue weighted by atomic mass is 19.4. The number of carbonyl (C=O) groups excluding carboxylic acids is 2. The molecule has 47 heavy (non-hydrogen) atoms. The summed E-state index contributed by atoms with van der Waals surface area (Å²) in [5, 5.41) is 23.7. The van der Waals surface area contributed by atoms with E-state index in [9.17, 15) is 32.7 Å². The summed E-state index contributed by atoms with van der Waals surface area (Å²) in [4.78, 5) is 38.8. The van der Waals surface area contributed by atoms with Crippen LogP contribution in [0, 0.1) is 5.92 Å². The van der Waals surface area contributed by atoms with Crippen molar-refractivity contribution in [2.75, 3.05) is 11.4 Å². The zero-order chi connectivity index (χ0) is 34.1. The number of urea groups is 1. The van der Waals surface area contributed by atoms with Crippen LogP contribution in [0.5, 0.6) is 5.75 Å². The molecule has 0 heterocycles. The molecule has 0 spiro atoms. The Bertz CT molecular complexity index is 1490. The van der Waals surface area contributed by atoms with Crippen molar-refractivity contribution in [1.29, 1.82) is 0 Å². The van der Waals surface area contributed by atoms with E-state index in [0.717, 1.165) is 12.8 Å². The second-order valence-electron chi connectivity index (χ2n) is 12.1. The van der Waals surface area contributed by atoms with Gasteiger partial charge in [0, 0.05) is 11.3 Å². The first-order valence-corrected chi connectivity index (χ1v) is 15.6. The monoisotopic (exact) mass is 655 g/mol. The number of carboxylic acids is 1. The highest BCUT2D eigenvalue weighted by molar-refractivity contribution is 5.95. The number of aliphatic carboxylic acids is 1. The lowest BCUT2D eigenvalue weighted by molar-refractivity contribution is -0.274. The zero-order valence-electron chi connectivity index (χ0n) is 26.3. The van der Waals surface area contributed by atoms with E-state index in [1.165, 1.54) is 49.1 Å². The van der Waals surface area contributed by atoms with E-state index in [4.69, 9.17) is 5.11 Å². The van der Waals surface area contributed by atoms with Gasteiger partial charge in [0.25, 0.3) is 5.91 Å². The van der Waals surface area contributed by atoms with Crippen LogP contribution in [-0.2, 0) is 11.3 Å². The smallest absolute Gasteiger partial charge is 0.479 e. The predicted molar refractivity (Wildman–Crippen MR) is 170 cm³/mol. The first-order valence-electron chi connectivity index (χ1n) is 15.6. The van der Waals surface area contributed by atoms with Crippen molar-refractivity contribution in [2.45, 2.75) is 76.9 Å². The average molecular weight is 656 g/mol. The van der Waals surface area contributed by atoms with E-state index in [1.54, 1.807) is 29.2 Å². The maximum absolute atomic E-state index is 14.0. The Labute approximate surface area is 271 Å². The van der Waals surface area contributed by atoms with E-state index in [0.29, 0.717) is 22.7 Å². The molecule has 1 fully saturated rings. The fourth-order valence-corrected chi connectivity index (χ4v) is 5.69. The number of halogens is 3. The van der Waals surface area contributed by atoms with E-state index in [1.807, 2.05) is 38.1 Å². The average Bonchev–Trinajstić information content (AvgIpc) is 3.05. The van der Waals surface area contributed by atoms with Crippen LogP contribution < -0.4 is 20.3 Å². The lowest BCUT2D eigenvalue weighted by Gasteiger charge is -2.29. The summed E-state index contributed by atoms with van der Waals surface area (Å²) in [6.07, 6.45) is -0.670. The van der Waals surface area contributed by atoms with Crippen LogP contribution in [0.4, 0.5) is 23.7 Å². The largest absolute Gasteiger partial charge is 0.573 e. The Morgan fingerprint density at radius 1 is 0.915 bits per heavy atom. The second-order valence-corrected chi connectivity index (χ2v) is 12.1. The standard InChI is InChI=1S/C35H40F3N3O6/c1-22(2)31(26-14-18-29(19-15-26)47-35(36,37)38)40-34(46)41(28-16-12-25(13-17-28)24-6-4-3-5-7-24)21-23-8-10-27(11-9-23)32(43)39-20-30(42)33(44)45/h8-19,22,24,30-31,42H,3-7,20-21H2,1-2H3,(H,39,43)(H,40,46)(H,44,45)/t30-,31?/m1/s1. The van der Waals surface area contributed by atoms with E-state index in [2.05, 4.69) is 15.4 Å². The fraction of sp³-hybridized carbons (Fsp3) is 0.400. The van der Waals surface area contributed by atoms with Crippen LogP contribution in [-0.4, -0.2) is 47.1 Å². The van der Waals surface area contributed by atoms with Crippen LogP contribution in [0.1, 0.15) is 85.0 Å². The summed E-state index contributed by atoms with van der Waals surface area (Å²) in [6, 6.07) is 18.8. The number of alkyl halides is 3. The molecule has 0 aromatic heterocycles. The maximum atomic E-state index is 14.0. The molecule has 1 aliphatic rings. The molecule has 1 aliphatic carbocycles. The summed E-state index contributed by atoms with van der Waals surface area (Å²) in [5.41, 5.74) is 3.42. The summed E-state index contributed by atoms with van der Waals surface area (Å²) >= 11 is 0. The molecule has 4 rings (SSSR count). The molecule has 252 valence electrons. The lowest BCUT2D eigenvalue weighted by Crippen LogP contribution is -2.42. The minimum Gasteiger partial charge on any atom is -0.479 e. The Morgan fingerprint density at radius 3 is 2.09 bits per heavy atom. The summed E-state index contributed by atoms with van der Waals surface area (Å²) in [7, 11) is 0. The topological polar surface area (TPSA) is 128 Å². The Morgan fingerprint density at radius 2 is 1.53 bits per heavy atom. The normalized spacial score (nSPS) is 15.0. The molecule has 1 unspecified atom stereocenters. The van der Waals surface area contributed by atoms with Gasteiger partial charge < -0.3 is 25.6 Å². The number of amides is 3. The molecular weight excluding hydrogens is 615 g/mol. The summed E-state index contributed by atoms with van der Waals surface area (Å²) in [6.45, 7) is 3.48. The number of nitrogens with one attached hydrogen (secondary N) is 2. The lowest BCUT2D eigenvalue weighted by atomic mass is 9.84. The van der Waals surface area contributed by atoms with Gasteiger partial charge in [0.15, 0.2) is 6.10 Å². The van der Waals surface area contributed by atoms with Gasteiger partial charge in [-0.05, 0) is 77.8 Å². The van der Waals surface area contributed by atoms with Gasteiger partial charge in [0.05, 0.1) is 19.1 Å². The Kier molecular flexibility index (Phi) is 11.9. The number of carbonyl (C=O) groups is 3. The highest BCUT2D eigenvalue weighted by Gasteiger charge is 2.31.